The zero-order valence-corrected chi connectivity index (χ0v) is 9.47. The van der Waals surface area contributed by atoms with E-state index >= 15 is 0 Å². The summed E-state index contributed by atoms with van der Waals surface area (Å²) in [4.78, 5) is 11.1. The Bertz CT molecular complexity index is 471. The fourth-order valence-corrected chi connectivity index (χ4v) is 2.29. The molecule has 0 aliphatic carbocycles. The van der Waals surface area contributed by atoms with Crippen LogP contribution in [0, 0.1) is 0 Å². The molecule has 0 fully saturated rings. The Kier molecular flexibility index (Phi) is 6.25. The van der Waals surface area contributed by atoms with Crippen LogP contribution >= 0.6 is 0 Å². The molecule has 1 heterocycles. The van der Waals surface area contributed by atoms with Crippen molar-refractivity contribution in [3.05, 3.63) is 29.8 Å². The topological polar surface area (TPSA) is 63.2 Å². The van der Waals surface area contributed by atoms with Gasteiger partial charge in [-0.15, -0.1) is 0 Å². The Morgan fingerprint density at radius 2 is 1.69 bits per heavy atom. The van der Waals surface area contributed by atoms with Crippen molar-refractivity contribution in [2.45, 2.75) is 25.2 Å². The van der Waals surface area contributed by atoms with Crippen molar-refractivity contribution in [3.8, 4) is 0 Å². The summed E-state index contributed by atoms with van der Waals surface area (Å²) in [6.07, 6.45) is 1.25. The molecule has 84 valence electrons. The second-order valence-corrected chi connectivity index (χ2v) is 4.79. The first-order chi connectivity index (χ1) is 7.03. The average Bonchev–Trinajstić information content (AvgIpc) is 2.40. The molecule has 0 bridgehead atoms. The van der Waals surface area contributed by atoms with Gasteiger partial charge in [0.2, 0.25) is 0 Å². The molecule has 1 aromatic carbocycles. The Balaban J connectivity index is 0.000000511. The molecule has 1 aliphatic rings. The monoisotopic (exact) mass is 251 g/mol. The minimum absolute atomic E-state index is 0. The minimum atomic E-state index is -3.55. The van der Waals surface area contributed by atoms with Crippen LogP contribution in [0.3, 0.4) is 0 Å². The number of fused-ring (bicyclic) bond motifs is 1. The van der Waals surface area contributed by atoms with Crippen LogP contribution in [0.4, 0.5) is 0 Å². The van der Waals surface area contributed by atoms with Crippen LogP contribution in [-0.2, 0) is 10.0 Å². The standard InChI is InChI=1S/C7H5NO3S.C3H8.Na.H/c9-7-5-3-1-2-4-6(5)12(10,11)8-7;1-3-2;;/h1-4H,(H,8,9);3H2,1-2H3;;. The van der Waals surface area contributed by atoms with Crippen molar-refractivity contribution < 1.29 is 13.2 Å². The van der Waals surface area contributed by atoms with Gasteiger partial charge in [-0.25, -0.2) is 13.1 Å². The fraction of sp³-hybridized carbons (Fsp3) is 0.300. The predicted molar refractivity (Wildman–Crippen MR) is 64.2 cm³/mol. The number of benzene rings is 1. The van der Waals surface area contributed by atoms with Crippen LogP contribution < -0.4 is 4.72 Å². The molecule has 1 amide bonds. The summed E-state index contributed by atoms with van der Waals surface area (Å²) in [5.74, 6) is -0.550. The van der Waals surface area contributed by atoms with E-state index in [1.54, 1.807) is 12.1 Å². The molecule has 0 saturated heterocycles. The van der Waals surface area contributed by atoms with E-state index in [0.717, 1.165) is 0 Å². The van der Waals surface area contributed by atoms with Gasteiger partial charge in [-0.2, -0.15) is 0 Å². The van der Waals surface area contributed by atoms with Crippen LogP contribution in [0.2, 0.25) is 0 Å². The van der Waals surface area contributed by atoms with Gasteiger partial charge >= 0.3 is 29.6 Å². The number of sulfonamides is 1. The number of rotatable bonds is 0. The van der Waals surface area contributed by atoms with Gasteiger partial charge in [-0.3, -0.25) is 4.79 Å². The van der Waals surface area contributed by atoms with E-state index in [-0.39, 0.29) is 40.0 Å². The van der Waals surface area contributed by atoms with Gasteiger partial charge in [-0.05, 0) is 12.1 Å². The zero-order chi connectivity index (χ0) is 11.5. The van der Waals surface area contributed by atoms with Crippen LogP contribution in [0.15, 0.2) is 29.2 Å². The van der Waals surface area contributed by atoms with Gasteiger partial charge in [0.05, 0.1) is 5.56 Å². The summed E-state index contributed by atoms with van der Waals surface area (Å²) in [6.45, 7) is 4.25. The van der Waals surface area contributed by atoms with Gasteiger partial charge in [0.1, 0.15) is 4.90 Å². The predicted octanol–water partition coefficient (Wildman–Crippen LogP) is 0.887. The number of hydrogen-bond acceptors (Lipinski definition) is 3. The number of carbonyl (C=O) groups is 1. The summed E-state index contributed by atoms with van der Waals surface area (Å²) >= 11 is 0. The molecule has 0 radical (unpaired) electrons. The van der Waals surface area contributed by atoms with Crippen LogP contribution in [0.1, 0.15) is 30.6 Å². The Morgan fingerprint density at radius 3 is 2.19 bits per heavy atom. The quantitative estimate of drug-likeness (QED) is 0.696. The number of amides is 1. The molecule has 2 rings (SSSR count). The van der Waals surface area contributed by atoms with Crippen molar-refractivity contribution in [2.24, 2.45) is 0 Å². The first kappa shape index (κ1) is 15.6. The van der Waals surface area contributed by atoms with E-state index < -0.39 is 15.9 Å². The number of nitrogens with one attached hydrogen (secondary N) is 1. The van der Waals surface area contributed by atoms with Crippen molar-refractivity contribution >= 4 is 45.5 Å². The number of carbonyl (C=O) groups excluding carboxylic acids is 1. The van der Waals surface area contributed by atoms with E-state index in [1.165, 1.54) is 18.6 Å². The molecule has 0 spiro atoms. The Morgan fingerprint density at radius 1 is 1.19 bits per heavy atom. The second-order valence-electron chi connectivity index (χ2n) is 3.14. The van der Waals surface area contributed by atoms with Gasteiger partial charge < -0.3 is 0 Å². The molecule has 1 aromatic rings. The van der Waals surface area contributed by atoms with Crippen LogP contribution in [-0.4, -0.2) is 43.9 Å². The Labute approximate surface area is 118 Å². The van der Waals surface area contributed by atoms with E-state index in [4.69, 9.17) is 0 Å². The molecule has 6 heteroatoms. The van der Waals surface area contributed by atoms with E-state index in [2.05, 4.69) is 13.8 Å². The SMILES string of the molecule is CCC.O=C1NS(=O)(=O)c2ccccc21.[NaH]. The average molecular weight is 251 g/mol. The normalized spacial score (nSPS) is 15.0. The molecule has 0 saturated carbocycles. The van der Waals surface area contributed by atoms with Gasteiger partial charge in [0.15, 0.2) is 0 Å². The first-order valence-corrected chi connectivity index (χ1v) is 6.17. The molecule has 1 aliphatic heterocycles. The number of hydrogen-bond donors (Lipinski definition) is 1. The molecular weight excluding hydrogens is 237 g/mol. The molecular formula is C10H14NNaO3S. The van der Waals surface area contributed by atoms with Crippen molar-refractivity contribution in [1.29, 1.82) is 0 Å². The summed E-state index contributed by atoms with van der Waals surface area (Å²) in [6, 6.07) is 6.09. The van der Waals surface area contributed by atoms with E-state index in [9.17, 15) is 13.2 Å². The third kappa shape index (κ3) is 3.31. The zero-order valence-electron chi connectivity index (χ0n) is 8.65. The van der Waals surface area contributed by atoms with Crippen LogP contribution in [0.5, 0.6) is 0 Å². The van der Waals surface area contributed by atoms with Crippen LogP contribution in [0.25, 0.3) is 0 Å². The second kappa shape index (κ2) is 6.39. The summed E-state index contributed by atoms with van der Waals surface area (Å²) in [5.41, 5.74) is 0.220. The third-order valence-corrected chi connectivity index (χ3v) is 3.04. The van der Waals surface area contributed by atoms with Gasteiger partial charge in [0.25, 0.3) is 15.9 Å². The summed E-state index contributed by atoms with van der Waals surface area (Å²) in [5, 5.41) is 0. The molecule has 16 heavy (non-hydrogen) atoms. The molecule has 0 unspecified atom stereocenters. The first-order valence-electron chi connectivity index (χ1n) is 4.69. The maximum atomic E-state index is 11.1. The van der Waals surface area contributed by atoms with Crippen molar-refractivity contribution in [1.82, 2.24) is 4.72 Å². The summed E-state index contributed by atoms with van der Waals surface area (Å²) < 4.78 is 24.2. The van der Waals surface area contributed by atoms with Gasteiger partial charge in [-0.1, -0.05) is 32.4 Å². The van der Waals surface area contributed by atoms with E-state index in [0.29, 0.717) is 0 Å². The van der Waals surface area contributed by atoms with Crippen molar-refractivity contribution in [2.75, 3.05) is 0 Å². The summed E-state index contributed by atoms with van der Waals surface area (Å²) in [7, 11) is -3.55. The molecule has 4 nitrogen and oxygen atoms in total. The Hall–Kier alpha value is -0.360. The van der Waals surface area contributed by atoms with Crippen molar-refractivity contribution in [3.63, 3.8) is 0 Å². The molecule has 0 aromatic heterocycles. The maximum absolute atomic E-state index is 11.1. The van der Waals surface area contributed by atoms with Gasteiger partial charge in [0, 0.05) is 0 Å². The third-order valence-electron chi connectivity index (χ3n) is 1.65. The fourth-order valence-electron chi connectivity index (χ4n) is 1.12. The van der Waals surface area contributed by atoms with E-state index in [1.807, 2.05) is 4.72 Å². The molecule has 1 N–H and O–H groups in total. The molecule has 0 atom stereocenters.